The van der Waals surface area contributed by atoms with Crippen LogP contribution in [0.2, 0.25) is 0 Å². The van der Waals surface area contributed by atoms with Crippen LogP contribution in [0.25, 0.3) is 0 Å². The van der Waals surface area contributed by atoms with E-state index in [0.717, 1.165) is 39.3 Å². The summed E-state index contributed by atoms with van der Waals surface area (Å²) in [6.45, 7) is 10.6. The van der Waals surface area contributed by atoms with Crippen molar-refractivity contribution >= 4 is 5.91 Å². The molecule has 4 nitrogen and oxygen atoms in total. The summed E-state index contributed by atoms with van der Waals surface area (Å²) in [5.41, 5.74) is 0. The number of carbonyl (C=O) groups excluding carboxylic acids is 1. The van der Waals surface area contributed by atoms with E-state index < -0.39 is 0 Å². The molecule has 2 saturated heterocycles. The van der Waals surface area contributed by atoms with Crippen LogP contribution in [-0.2, 0) is 4.79 Å². The average Bonchev–Trinajstić information content (AvgIpc) is 2.15. The third-order valence-electron chi connectivity index (χ3n) is 3.47. The van der Waals surface area contributed by atoms with Gasteiger partial charge < -0.3 is 10.2 Å². The summed E-state index contributed by atoms with van der Waals surface area (Å²) in [5, 5.41) is 3.36. The number of nitrogens with one attached hydrogen (secondary N) is 1. The van der Waals surface area contributed by atoms with E-state index in [1.807, 2.05) is 4.90 Å². The molecule has 4 heteroatoms. The molecule has 0 unspecified atom stereocenters. The van der Waals surface area contributed by atoms with Gasteiger partial charge in [0.1, 0.15) is 0 Å². The molecule has 1 N–H and O–H groups in total. The molecule has 2 heterocycles. The highest BCUT2D eigenvalue weighted by atomic mass is 16.2. The number of rotatable bonds is 3. The van der Waals surface area contributed by atoms with Gasteiger partial charge >= 0.3 is 0 Å². The first-order valence-corrected chi connectivity index (χ1v) is 6.39. The lowest BCUT2D eigenvalue weighted by atomic mass is 10.0. The monoisotopic (exact) mass is 225 g/mol. The second-order valence-corrected chi connectivity index (χ2v) is 5.34. The summed E-state index contributed by atoms with van der Waals surface area (Å²) in [6.07, 6.45) is 0.703. The summed E-state index contributed by atoms with van der Waals surface area (Å²) in [4.78, 5) is 16.3. The third-order valence-corrected chi connectivity index (χ3v) is 3.47. The van der Waals surface area contributed by atoms with Crippen LogP contribution in [-0.4, -0.2) is 61.0 Å². The Labute approximate surface area is 98.0 Å². The van der Waals surface area contributed by atoms with Gasteiger partial charge in [0, 0.05) is 51.7 Å². The number of amides is 1. The van der Waals surface area contributed by atoms with E-state index in [1.54, 1.807) is 0 Å². The Hall–Kier alpha value is -0.610. The number of carbonyl (C=O) groups is 1. The molecule has 0 radical (unpaired) electrons. The van der Waals surface area contributed by atoms with Gasteiger partial charge in [-0.05, 0) is 5.92 Å². The van der Waals surface area contributed by atoms with Crippen LogP contribution >= 0.6 is 0 Å². The van der Waals surface area contributed by atoms with Crippen LogP contribution in [0.4, 0.5) is 0 Å². The van der Waals surface area contributed by atoms with E-state index in [-0.39, 0.29) is 0 Å². The zero-order valence-corrected chi connectivity index (χ0v) is 10.4. The first-order valence-electron chi connectivity index (χ1n) is 6.39. The Kier molecular flexibility index (Phi) is 3.82. The van der Waals surface area contributed by atoms with Gasteiger partial charge in [0.05, 0.1) is 0 Å². The molecule has 2 aliphatic heterocycles. The normalized spacial score (nSPS) is 23.6. The fourth-order valence-corrected chi connectivity index (χ4v) is 2.42. The van der Waals surface area contributed by atoms with Crippen molar-refractivity contribution in [3.8, 4) is 0 Å². The Morgan fingerprint density at radius 2 is 1.94 bits per heavy atom. The van der Waals surface area contributed by atoms with Gasteiger partial charge in [-0.1, -0.05) is 13.8 Å². The van der Waals surface area contributed by atoms with Crippen LogP contribution < -0.4 is 5.32 Å². The molecule has 92 valence electrons. The second kappa shape index (κ2) is 5.15. The molecule has 0 atom stereocenters. The number of nitrogens with zero attached hydrogens (tertiary/aromatic N) is 2. The maximum atomic E-state index is 11.8. The van der Waals surface area contributed by atoms with E-state index in [0.29, 0.717) is 24.3 Å². The van der Waals surface area contributed by atoms with E-state index in [9.17, 15) is 4.79 Å². The van der Waals surface area contributed by atoms with Crippen LogP contribution in [0.1, 0.15) is 20.3 Å². The number of hydrogen-bond donors (Lipinski definition) is 1. The number of hydrogen-bond acceptors (Lipinski definition) is 3. The second-order valence-electron chi connectivity index (χ2n) is 5.34. The lowest BCUT2D eigenvalue weighted by Crippen LogP contribution is -2.63. The quantitative estimate of drug-likeness (QED) is 0.742. The Morgan fingerprint density at radius 1 is 1.31 bits per heavy atom. The van der Waals surface area contributed by atoms with Crippen molar-refractivity contribution in [2.75, 3.05) is 39.3 Å². The molecule has 0 saturated carbocycles. The summed E-state index contributed by atoms with van der Waals surface area (Å²) in [7, 11) is 0. The Balaban J connectivity index is 1.70. The minimum atomic E-state index is 0.335. The molecule has 1 amide bonds. The standard InChI is InChI=1S/C12H23N3O/c1-10(2)7-12(16)15-8-11(9-15)14-5-3-13-4-6-14/h10-11,13H,3-9H2,1-2H3. The van der Waals surface area contributed by atoms with Crippen molar-refractivity contribution < 1.29 is 4.79 Å². The molecule has 0 aliphatic carbocycles. The van der Waals surface area contributed by atoms with Gasteiger partial charge in [-0.15, -0.1) is 0 Å². The molecule has 2 aliphatic rings. The molecule has 2 fully saturated rings. The van der Waals surface area contributed by atoms with E-state index in [2.05, 4.69) is 24.1 Å². The van der Waals surface area contributed by atoms with Crippen molar-refractivity contribution in [2.24, 2.45) is 5.92 Å². The maximum Gasteiger partial charge on any atom is 0.222 e. The van der Waals surface area contributed by atoms with Crippen LogP contribution in [0.5, 0.6) is 0 Å². The molecule has 0 aromatic heterocycles. The minimum Gasteiger partial charge on any atom is -0.339 e. The fourth-order valence-electron chi connectivity index (χ4n) is 2.42. The van der Waals surface area contributed by atoms with Crippen LogP contribution in [0.15, 0.2) is 0 Å². The molecule has 0 spiro atoms. The minimum absolute atomic E-state index is 0.335. The third kappa shape index (κ3) is 2.74. The molecule has 0 aromatic rings. The molecular weight excluding hydrogens is 202 g/mol. The highest BCUT2D eigenvalue weighted by molar-refractivity contribution is 5.77. The largest absolute Gasteiger partial charge is 0.339 e. The lowest BCUT2D eigenvalue weighted by Gasteiger charge is -2.47. The molecule has 0 aromatic carbocycles. The predicted molar refractivity (Wildman–Crippen MR) is 64.3 cm³/mol. The highest BCUT2D eigenvalue weighted by Crippen LogP contribution is 2.17. The van der Waals surface area contributed by atoms with Crippen molar-refractivity contribution in [2.45, 2.75) is 26.3 Å². The van der Waals surface area contributed by atoms with Crippen molar-refractivity contribution in [1.29, 1.82) is 0 Å². The maximum absolute atomic E-state index is 11.8. The summed E-state index contributed by atoms with van der Waals surface area (Å²) in [6, 6.07) is 0.623. The van der Waals surface area contributed by atoms with Gasteiger partial charge in [-0.2, -0.15) is 0 Å². The van der Waals surface area contributed by atoms with Crippen molar-refractivity contribution in [1.82, 2.24) is 15.1 Å². The van der Waals surface area contributed by atoms with Crippen molar-refractivity contribution in [3.05, 3.63) is 0 Å². The Bertz CT molecular complexity index is 243. The first-order chi connectivity index (χ1) is 7.66. The van der Waals surface area contributed by atoms with Crippen LogP contribution in [0, 0.1) is 5.92 Å². The fraction of sp³-hybridized carbons (Fsp3) is 0.917. The topological polar surface area (TPSA) is 35.6 Å². The number of piperazine rings is 1. The first kappa shape index (κ1) is 11.9. The zero-order valence-electron chi connectivity index (χ0n) is 10.4. The van der Waals surface area contributed by atoms with Crippen molar-refractivity contribution in [3.63, 3.8) is 0 Å². The Morgan fingerprint density at radius 3 is 2.50 bits per heavy atom. The van der Waals surface area contributed by atoms with E-state index in [4.69, 9.17) is 0 Å². The molecular formula is C12H23N3O. The van der Waals surface area contributed by atoms with Crippen LogP contribution in [0.3, 0.4) is 0 Å². The molecule has 0 bridgehead atoms. The lowest BCUT2D eigenvalue weighted by molar-refractivity contribution is -0.139. The SMILES string of the molecule is CC(C)CC(=O)N1CC(N2CCNCC2)C1. The average molecular weight is 225 g/mol. The smallest absolute Gasteiger partial charge is 0.222 e. The van der Waals surface area contributed by atoms with Gasteiger partial charge in [0.15, 0.2) is 0 Å². The zero-order chi connectivity index (χ0) is 11.5. The van der Waals surface area contributed by atoms with E-state index >= 15 is 0 Å². The highest BCUT2D eigenvalue weighted by Gasteiger charge is 2.34. The van der Waals surface area contributed by atoms with Gasteiger partial charge in [-0.25, -0.2) is 0 Å². The molecule has 16 heavy (non-hydrogen) atoms. The van der Waals surface area contributed by atoms with E-state index in [1.165, 1.54) is 0 Å². The van der Waals surface area contributed by atoms with Gasteiger partial charge in [-0.3, -0.25) is 9.69 Å². The predicted octanol–water partition coefficient (Wildman–Crippen LogP) is 0.149. The van der Waals surface area contributed by atoms with Gasteiger partial charge in [0.25, 0.3) is 0 Å². The van der Waals surface area contributed by atoms with Gasteiger partial charge in [0.2, 0.25) is 5.91 Å². The number of likely N-dealkylation sites (tertiary alicyclic amines) is 1. The summed E-state index contributed by atoms with van der Waals surface area (Å²) < 4.78 is 0. The summed E-state index contributed by atoms with van der Waals surface area (Å²) >= 11 is 0. The summed E-state index contributed by atoms with van der Waals surface area (Å²) in [5.74, 6) is 0.812. The molecule has 2 rings (SSSR count).